The molecule has 150 valence electrons. The molecule has 0 saturated heterocycles. The number of benzene rings is 2. The number of aromatic hydroxyl groups is 3. The number of hydrogen-bond acceptors (Lipinski definition) is 9. The maximum Gasteiger partial charge on any atom is 0.338 e. The summed E-state index contributed by atoms with van der Waals surface area (Å²) in [4.78, 5) is 28.2. The monoisotopic (exact) mass is 416 g/mol. The van der Waals surface area contributed by atoms with E-state index >= 15 is 0 Å². The SMILES string of the molecule is COc1ccc(-c2csc(NC(=O)COC(=O)c3cc(O)c(O)c(O)c3)n2)cc1. The highest BCUT2D eigenvalue weighted by atomic mass is 32.1. The smallest absolute Gasteiger partial charge is 0.338 e. The minimum atomic E-state index is -0.955. The van der Waals surface area contributed by atoms with Gasteiger partial charge in [-0.25, -0.2) is 9.78 Å². The van der Waals surface area contributed by atoms with Gasteiger partial charge in [-0.1, -0.05) is 0 Å². The summed E-state index contributed by atoms with van der Waals surface area (Å²) in [5, 5.41) is 32.7. The highest BCUT2D eigenvalue weighted by Gasteiger charge is 2.16. The zero-order chi connectivity index (χ0) is 21.0. The first kappa shape index (κ1) is 20.0. The summed E-state index contributed by atoms with van der Waals surface area (Å²) in [6, 6.07) is 9.10. The third kappa shape index (κ3) is 4.74. The first-order chi connectivity index (χ1) is 13.9. The predicted molar refractivity (Wildman–Crippen MR) is 104 cm³/mol. The summed E-state index contributed by atoms with van der Waals surface area (Å²) in [6.45, 7) is -0.599. The van der Waals surface area contributed by atoms with Gasteiger partial charge in [-0.05, 0) is 36.4 Å². The van der Waals surface area contributed by atoms with E-state index in [1.54, 1.807) is 24.6 Å². The second kappa shape index (κ2) is 8.48. The molecule has 29 heavy (non-hydrogen) atoms. The molecule has 3 aromatic rings. The van der Waals surface area contributed by atoms with Gasteiger partial charge >= 0.3 is 5.97 Å². The minimum absolute atomic E-state index is 0.221. The topological polar surface area (TPSA) is 138 Å². The molecule has 0 bridgehead atoms. The Labute approximate surface area is 168 Å². The number of thiazole rings is 1. The van der Waals surface area contributed by atoms with Gasteiger partial charge in [-0.3, -0.25) is 10.1 Å². The van der Waals surface area contributed by atoms with Gasteiger partial charge in [0.15, 0.2) is 29.0 Å². The van der Waals surface area contributed by atoms with Gasteiger partial charge in [0.2, 0.25) is 0 Å². The molecule has 0 fully saturated rings. The Hall–Kier alpha value is -3.79. The summed E-state index contributed by atoms with van der Waals surface area (Å²) < 4.78 is 9.94. The summed E-state index contributed by atoms with van der Waals surface area (Å²) in [7, 11) is 1.57. The highest BCUT2D eigenvalue weighted by Crippen LogP contribution is 2.35. The molecule has 10 heteroatoms. The lowest BCUT2D eigenvalue weighted by atomic mass is 10.2. The Kier molecular flexibility index (Phi) is 5.84. The highest BCUT2D eigenvalue weighted by molar-refractivity contribution is 7.14. The number of phenolic OH excluding ortho intramolecular Hbond substituents is 3. The average molecular weight is 416 g/mol. The van der Waals surface area contributed by atoms with E-state index in [2.05, 4.69) is 10.3 Å². The van der Waals surface area contributed by atoms with E-state index in [1.165, 1.54) is 11.3 Å². The maximum absolute atomic E-state index is 12.0. The van der Waals surface area contributed by atoms with Gasteiger partial charge in [0, 0.05) is 10.9 Å². The van der Waals surface area contributed by atoms with Gasteiger partial charge < -0.3 is 24.8 Å². The van der Waals surface area contributed by atoms with Crippen LogP contribution in [0.3, 0.4) is 0 Å². The van der Waals surface area contributed by atoms with Crippen molar-refractivity contribution >= 4 is 28.3 Å². The second-order valence-electron chi connectivity index (χ2n) is 5.75. The first-order valence-corrected chi connectivity index (χ1v) is 9.07. The number of nitrogens with one attached hydrogen (secondary N) is 1. The number of carbonyl (C=O) groups excluding carboxylic acids is 2. The molecule has 0 saturated carbocycles. The predicted octanol–water partition coefficient (Wildman–Crippen LogP) is 2.73. The van der Waals surface area contributed by atoms with Crippen molar-refractivity contribution in [2.45, 2.75) is 0 Å². The maximum atomic E-state index is 12.0. The van der Waals surface area contributed by atoms with E-state index in [0.717, 1.165) is 23.4 Å². The molecule has 0 radical (unpaired) electrons. The van der Waals surface area contributed by atoms with Gasteiger partial charge in [-0.2, -0.15) is 0 Å². The molecule has 0 unspecified atom stereocenters. The van der Waals surface area contributed by atoms with Crippen molar-refractivity contribution in [3.05, 3.63) is 47.3 Å². The van der Waals surface area contributed by atoms with Crippen LogP contribution < -0.4 is 10.1 Å². The number of ether oxygens (including phenoxy) is 2. The number of hydrogen-bond donors (Lipinski definition) is 4. The van der Waals surface area contributed by atoms with E-state index < -0.39 is 35.7 Å². The Bertz CT molecular complexity index is 1020. The van der Waals surface area contributed by atoms with Crippen LogP contribution in [0.25, 0.3) is 11.3 Å². The molecule has 9 nitrogen and oxygen atoms in total. The molecule has 0 atom stereocenters. The summed E-state index contributed by atoms with van der Waals surface area (Å²) >= 11 is 1.21. The number of amides is 1. The molecule has 2 aromatic carbocycles. The zero-order valence-corrected chi connectivity index (χ0v) is 15.9. The van der Waals surface area contributed by atoms with Crippen LogP contribution in [-0.4, -0.2) is 45.9 Å². The first-order valence-electron chi connectivity index (χ1n) is 8.19. The molecular formula is C19H16N2O7S. The lowest BCUT2D eigenvalue weighted by molar-refractivity contribution is -0.119. The molecule has 0 spiro atoms. The molecule has 0 aliphatic heterocycles. The number of nitrogens with zero attached hydrogens (tertiary/aromatic N) is 1. The molecular weight excluding hydrogens is 400 g/mol. The number of methoxy groups -OCH3 is 1. The van der Waals surface area contributed by atoms with Crippen LogP contribution >= 0.6 is 11.3 Å². The molecule has 0 aliphatic carbocycles. The van der Waals surface area contributed by atoms with Crippen LogP contribution in [0.5, 0.6) is 23.0 Å². The number of phenols is 3. The molecule has 3 rings (SSSR count). The van der Waals surface area contributed by atoms with Crippen molar-refractivity contribution in [2.24, 2.45) is 0 Å². The largest absolute Gasteiger partial charge is 0.504 e. The van der Waals surface area contributed by atoms with Crippen LogP contribution in [-0.2, 0) is 9.53 Å². The summed E-state index contributed by atoms with van der Waals surface area (Å²) in [5.41, 5.74) is 1.29. The number of anilines is 1. The van der Waals surface area contributed by atoms with E-state index in [-0.39, 0.29) is 5.56 Å². The number of rotatable bonds is 6. The van der Waals surface area contributed by atoms with E-state index in [1.807, 2.05) is 12.1 Å². The fourth-order valence-electron chi connectivity index (χ4n) is 2.32. The van der Waals surface area contributed by atoms with E-state index in [4.69, 9.17) is 9.47 Å². The quantitative estimate of drug-likeness (QED) is 0.355. The van der Waals surface area contributed by atoms with Gasteiger partial charge in [-0.15, -0.1) is 11.3 Å². The van der Waals surface area contributed by atoms with Gasteiger partial charge in [0.05, 0.1) is 18.4 Å². The number of aromatic nitrogens is 1. The standard InChI is InChI=1S/C19H16N2O7S/c1-27-12-4-2-10(3-5-12)13-9-29-19(20-13)21-16(24)8-28-18(26)11-6-14(22)17(25)15(23)7-11/h2-7,9,22-23,25H,8H2,1H3,(H,20,21,24). The van der Waals surface area contributed by atoms with E-state index in [0.29, 0.717) is 10.8 Å². The molecule has 0 aliphatic rings. The van der Waals surface area contributed by atoms with Crippen molar-refractivity contribution in [3.63, 3.8) is 0 Å². The van der Waals surface area contributed by atoms with Gasteiger partial charge in [0.1, 0.15) is 5.75 Å². The van der Waals surface area contributed by atoms with Crippen LogP contribution in [0.15, 0.2) is 41.8 Å². The zero-order valence-electron chi connectivity index (χ0n) is 15.1. The third-order valence-electron chi connectivity index (χ3n) is 3.78. The number of carbonyl (C=O) groups is 2. The minimum Gasteiger partial charge on any atom is -0.504 e. The summed E-state index contributed by atoms with van der Waals surface area (Å²) in [5.74, 6) is -2.97. The fraction of sp³-hybridized carbons (Fsp3) is 0.105. The van der Waals surface area contributed by atoms with Crippen LogP contribution in [0.1, 0.15) is 10.4 Å². The Balaban J connectivity index is 1.57. The average Bonchev–Trinajstić information content (AvgIpc) is 3.18. The summed E-state index contributed by atoms with van der Waals surface area (Å²) in [6.07, 6.45) is 0. The fourth-order valence-corrected chi connectivity index (χ4v) is 3.05. The van der Waals surface area contributed by atoms with Crippen molar-refractivity contribution in [1.29, 1.82) is 0 Å². The number of esters is 1. The Morgan fingerprint density at radius 2 is 1.76 bits per heavy atom. The molecule has 1 heterocycles. The van der Waals surface area contributed by atoms with Crippen molar-refractivity contribution < 1.29 is 34.4 Å². The Morgan fingerprint density at radius 1 is 1.10 bits per heavy atom. The van der Waals surface area contributed by atoms with Crippen LogP contribution in [0, 0.1) is 0 Å². The Morgan fingerprint density at radius 3 is 2.38 bits per heavy atom. The lowest BCUT2D eigenvalue weighted by Gasteiger charge is -2.07. The molecule has 1 aromatic heterocycles. The molecule has 1 amide bonds. The normalized spacial score (nSPS) is 10.4. The van der Waals surface area contributed by atoms with Crippen molar-refractivity contribution in [3.8, 4) is 34.3 Å². The van der Waals surface area contributed by atoms with Crippen molar-refractivity contribution in [1.82, 2.24) is 4.98 Å². The van der Waals surface area contributed by atoms with Crippen molar-refractivity contribution in [2.75, 3.05) is 19.0 Å². The lowest BCUT2D eigenvalue weighted by Crippen LogP contribution is -2.20. The van der Waals surface area contributed by atoms with E-state index in [9.17, 15) is 24.9 Å². The molecule has 4 N–H and O–H groups in total. The third-order valence-corrected chi connectivity index (χ3v) is 4.53. The van der Waals surface area contributed by atoms with Crippen LogP contribution in [0.4, 0.5) is 5.13 Å². The van der Waals surface area contributed by atoms with Gasteiger partial charge in [0.25, 0.3) is 5.91 Å². The van der Waals surface area contributed by atoms with Crippen LogP contribution in [0.2, 0.25) is 0 Å². The second-order valence-corrected chi connectivity index (χ2v) is 6.61.